The van der Waals surface area contributed by atoms with Crippen molar-refractivity contribution in [2.75, 3.05) is 77.0 Å². The van der Waals surface area contributed by atoms with Crippen molar-refractivity contribution in [3.05, 3.63) is 72.9 Å². The molecule has 3 heterocycles. The number of benzene rings is 2. The van der Waals surface area contributed by atoms with Crippen LogP contribution in [0.4, 0.5) is 10.5 Å². The lowest BCUT2D eigenvalue weighted by molar-refractivity contribution is 0.0726. The molecular weight excluding hydrogens is 466 g/mol. The second-order valence-electron chi connectivity index (χ2n) is 9.67. The average molecular weight is 504 g/mol. The molecule has 8 nitrogen and oxygen atoms in total. The van der Waals surface area contributed by atoms with Crippen molar-refractivity contribution < 1.29 is 14.3 Å². The number of carbonyl (C=O) groups is 1. The van der Waals surface area contributed by atoms with Crippen molar-refractivity contribution in [3.8, 4) is 5.75 Å². The molecule has 1 N–H and O–H groups in total. The van der Waals surface area contributed by atoms with Crippen LogP contribution in [0.15, 0.2) is 67.4 Å². The van der Waals surface area contributed by atoms with Crippen LogP contribution in [0.3, 0.4) is 0 Å². The third-order valence-corrected chi connectivity index (χ3v) is 7.25. The van der Waals surface area contributed by atoms with Gasteiger partial charge in [0.25, 0.3) is 0 Å². The number of ether oxygens (including phenoxy) is 2. The van der Waals surface area contributed by atoms with E-state index in [2.05, 4.69) is 62.7 Å². The van der Waals surface area contributed by atoms with Gasteiger partial charge in [-0.1, -0.05) is 30.9 Å². The van der Waals surface area contributed by atoms with E-state index in [4.69, 9.17) is 9.47 Å². The van der Waals surface area contributed by atoms with Crippen molar-refractivity contribution in [1.29, 1.82) is 0 Å². The number of hydrogen-bond acceptors (Lipinski definition) is 6. The number of aromatic nitrogens is 1. The first-order valence-corrected chi connectivity index (χ1v) is 13.2. The highest BCUT2D eigenvalue weighted by Crippen LogP contribution is 2.27. The molecule has 8 heteroatoms. The number of aromatic amines is 1. The Balaban J connectivity index is 0.982. The monoisotopic (exact) mass is 503 g/mol. The summed E-state index contributed by atoms with van der Waals surface area (Å²) in [5, 5.41) is 1.23. The van der Waals surface area contributed by atoms with Crippen molar-refractivity contribution in [2.45, 2.75) is 6.54 Å². The Morgan fingerprint density at radius 3 is 2.43 bits per heavy atom. The molecule has 0 atom stereocenters. The molecule has 37 heavy (non-hydrogen) atoms. The quantitative estimate of drug-likeness (QED) is 0.448. The van der Waals surface area contributed by atoms with Crippen molar-refractivity contribution in [1.82, 2.24) is 19.7 Å². The van der Waals surface area contributed by atoms with Gasteiger partial charge in [0.15, 0.2) is 0 Å². The molecule has 0 unspecified atom stereocenters. The largest absolute Gasteiger partial charge is 0.490 e. The molecule has 3 aromatic rings. The minimum atomic E-state index is -0.196. The predicted octanol–water partition coefficient (Wildman–Crippen LogP) is 3.81. The maximum Gasteiger partial charge on any atom is 0.409 e. The van der Waals surface area contributed by atoms with Crippen LogP contribution in [0.25, 0.3) is 10.9 Å². The Morgan fingerprint density at radius 2 is 1.68 bits per heavy atom. The highest BCUT2D eigenvalue weighted by molar-refractivity contribution is 5.92. The third-order valence-electron chi connectivity index (χ3n) is 7.25. The zero-order chi connectivity index (χ0) is 25.5. The fourth-order valence-electron chi connectivity index (χ4n) is 5.10. The van der Waals surface area contributed by atoms with E-state index < -0.39 is 0 Å². The summed E-state index contributed by atoms with van der Waals surface area (Å²) >= 11 is 0. The van der Waals surface area contributed by atoms with Gasteiger partial charge in [-0.05, 0) is 35.9 Å². The van der Waals surface area contributed by atoms with Crippen LogP contribution in [0.1, 0.15) is 5.56 Å². The summed E-state index contributed by atoms with van der Waals surface area (Å²) in [7, 11) is 0. The first-order valence-electron chi connectivity index (χ1n) is 13.2. The second kappa shape index (κ2) is 12.2. The zero-order valence-corrected chi connectivity index (χ0v) is 21.5. The molecule has 2 aromatic carbocycles. The van der Waals surface area contributed by atoms with Gasteiger partial charge in [0, 0.05) is 88.2 Å². The van der Waals surface area contributed by atoms with Crippen LogP contribution in [0.2, 0.25) is 0 Å². The van der Waals surface area contributed by atoms with Gasteiger partial charge < -0.3 is 24.3 Å². The molecule has 0 radical (unpaired) electrons. The Morgan fingerprint density at radius 1 is 0.919 bits per heavy atom. The average Bonchev–Trinajstić information content (AvgIpc) is 3.43. The van der Waals surface area contributed by atoms with E-state index in [1.54, 1.807) is 6.08 Å². The summed E-state index contributed by atoms with van der Waals surface area (Å²) in [6, 6.07) is 16.7. The fraction of sp³-hybridized carbons (Fsp3) is 0.414. The lowest BCUT2D eigenvalue weighted by atomic mass is 10.2. The molecule has 0 bridgehead atoms. The minimum Gasteiger partial charge on any atom is -0.490 e. The molecule has 0 saturated carbocycles. The van der Waals surface area contributed by atoms with Gasteiger partial charge in [-0.25, -0.2) is 4.79 Å². The SMILES string of the molecule is C=CCOc1ccc(CN2CCN(CCOC(=O)N3CCN(c4cccc5[nH]ccc45)CC3)CC2)cc1. The third kappa shape index (κ3) is 6.45. The summed E-state index contributed by atoms with van der Waals surface area (Å²) < 4.78 is 11.2. The molecule has 2 fully saturated rings. The first kappa shape index (κ1) is 25.2. The van der Waals surface area contributed by atoms with Crippen molar-refractivity contribution in [3.63, 3.8) is 0 Å². The van der Waals surface area contributed by atoms with Crippen LogP contribution in [-0.2, 0) is 11.3 Å². The van der Waals surface area contributed by atoms with Crippen LogP contribution < -0.4 is 9.64 Å². The summed E-state index contributed by atoms with van der Waals surface area (Å²) in [5.74, 6) is 0.874. The summed E-state index contributed by atoms with van der Waals surface area (Å²) in [5.41, 5.74) is 3.66. The van der Waals surface area contributed by atoms with Crippen LogP contribution in [0.5, 0.6) is 5.75 Å². The number of rotatable bonds is 9. The van der Waals surface area contributed by atoms with E-state index in [0.29, 0.717) is 26.3 Å². The number of amides is 1. The zero-order valence-electron chi connectivity index (χ0n) is 21.5. The van der Waals surface area contributed by atoms with Crippen LogP contribution in [-0.4, -0.2) is 97.9 Å². The second-order valence-corrected chi connectivity index (χ2v) is 9.67. The van der Waals surface area contributed by atoms with Gasteiger partial charge in [0.05, 0.1) is 0 Å². The molecule has 0 aliphatic carbocycles. The molecule has 2 saturated heterocycles. The number of piperazine rings is 2. The fourth-order valence-corrected chi connectivity index (χ4v) is 5.10. The molecule has 196 valence electrons. The van der Waals surface area contributed by atoms with Gasteiger partial charge >= 0.3 is 6.09 Å². The predicted molar refractivity (Wildman–Crippen MR) is 147 cm³/mol. The van der Waals surface area contributed by atoms with E-state index in [-0.39, 0.29) is 6.09 Å². The summed E-state index contributed by atoms with van der Waals surface area (Å²) in [4.78, 5) is 24.9. The molecule has 1 aromatic heterocycles. The van der Waals surface area contributed by atoms with Gasteiger partial charge in [0.1, 0.15) is 19.0 Å². The molecular formula is C29H37N5O3. The number of anilines is 1. The maximum atomic E-state index is 12.6. The van der Waals surface area contributed by atoms with Gasteiger partial charge in [-0.15, -0.1) is 0 Å². The van der Waals surface area contributed by atoms with E-state index in [9.17, 15) is 4.79 Å². The summed E-state index contributed by atoms with van der Waals surface area (Å²) in [6.45, 7) is 13.3. The maximum absolute atomic E-state index is 12.6. The minimum absolute atomic E-state index is 0.196. The van der Waals surface area contributed by atoms with E-state index in [1.165, 1.54) is 16.6 Å². The number of nitrogens with one attached hydrogen (secondary N) is 1. The standard InChI is InChI=1S/C29H37N5O3/c1-2-21-36-25-8-6-24(7-9-25)23-32-14-12-31(13-15-32)20-22-37-29(35)34-18-16-33(17-19-34)28-5-3-4-27-26(28)10-11-30-27/h2-11,30H,1,12-23H2. The number of hydrogen-bond donors (Lipinski definition) is 1. The van der Waals surface area contributed by atoms with Gasteiger partial charge in [0.2, 0.25) is 0 Å². The van der Waals surface area contributed by atoms with E-state index in [1.807, 2.05) is 23.2 Å². The summed E-state index contributed by atoms with van der Waals surface area (Å²) in [6.07, 6.45) is 3.53. The lowest BCUT2D eigenvalue weighted by Gasteiger charge is -2.36. The highest BCUT2D eigenvalue weighted by Gasteiger charge is 2.24. The van der Waals surface area contributed by atoms with Crippen molar-refractivity contribution >= 4 is 22.7 Å². The molecule has 2 aliphatic heterocycles. The Labute approximate surface area is 219 Å². The van der Waals surface area contributed by atoms with Gasteiger partial charge in [-0.3, -0.25) is 9.80 Å². The van der Waals surface area contributed by atoms with Crippen LogP contribution in [0, 0.1) is 0 Å². The van der Waals surface area contributed by atoms with Crippen molar-refractivity contribution in [2.24, 2.45) is 0 Å². The lowest BCUT2D eigenvalue weighted by Crippen LogP contribution is -2.50. The molecule has 0 spiro atoms. The number of H-pyrrole nitrogens is 1. The Bertz CT molecular complexity index is 1160. The molecule has 1 amide bonds. The first-order chi connectivity index (χ1) is 18.2. The molecule has 2 aliphatic rings. The number of carbonyl (C=O) groups excluding carboxylic acids is 1. The number of nitrogens with zero attached hydrogens (tertiary/aromatic N) is 4. The van der Waals surface area contributed by atoms with E-state index in [0.717, 1.165) is 63.6 Å². The highest BCUT2D eigenvalue weighted by atomic mass is 16.6. The van der Waals surface area contributed by atoms with E-state index >= 15 is 0 Å². The normalized spacial score (nSPS) is 17.2. The Kier molecular flexibility index (Phi) is 8.28. The number of fused-ring (bicyclic) bond motifs is 1. The van der Waals surface area contributed by atoms with Gasteiger partial charge in [-0.2, -0.15) is 0 Å². The van der Waals surface area contributed by atoms with Crippen LogP contribution >= 0.6 is 0 Å². The Hall–Kier alpha value is -3.49. The molecule has 5 rings (SSSR count). The smallest absolute Gasteiger partial charge is 0.409 e. The topological polar surface area (TPSA) is 64.3 Å².